The highest BCUT2D eigenvalue weighted by atomic mass is 16.5. The van der Waals surface area contributed by atoms with Crippen molar-refractivity contribution >= 4 is 28.5 Å². The summed E-state index contributed by atoms with van der Waals surface area (Å²) in [5.74, 6) is 0.0993. The predicted octanol–water partition coefficient (Wildman–Crippen LogP) is 3.44. The molecule has 0 aliphatic rings. The van der Waals surface area contributed by atoms with Gasteiger partial charge in [0, 0.05) is 35.7 Å². The maximum absolute atomic E-state index is 12.2. The van der Waals surface area contributed by atoms with Gasteiger partial charge >= 0.3 is 11.6 Å². The molecular formula is C22H21NO6. The number of carbonyl (C=O) groups excluding carboxylic acids is 2. The molecule has 2 aromatic carbocycles. The van der Waals surface area contributed by atoms with Crippen molar-refractivity contribution < 1.29 is 23.5 Å². The Hall–Kier alpha value is -3.61. The zero-order valence-corrected chi connectivity index (χ0v) is 16.2. The topological polar surface area (TPSA) is 94.8 Å². The smallest absolute Gasteiger partial charge is 0.336 e. The van der Waals surface area contributed by atoms with Crippen molar-refractivity contribution in [3.63, 3.8) is 0 Å². The zero-order valence-electron chi connectivity index (χ0n) is 16.2. The lowest BCUT2D eigenvalue weighted by atomic mass is 10.1. The van der Waals surface area contributed by atoms with Crippen LogP contribution in [0.2, 0.25) is 0 Å². The summed E-state index contributed by atoms with van der Waals surface area (Å²) in [4.78, 5) is 35.2. The summed E-state index contributed by atoms with van der Waals surface area (Å²) in [5.41, 5.74) is 1.59. The molecule has 3 rings (SSSR count). The van der Waals surface area contributed by atoms with E-state index in [2.05, 4.69) is 5.32 Å². The quantitative estimate of drug-likeness (QED) is 0.486. The van der Waals surface area contributed by atoms with Crippen LogP contribution in [-0.4, -0.2) is 18.5 Å². The Bertz CT molecular complexity index is 1080. The van der Waals surface area contributed by atoms with Gasteiger partial charge in [-0.2, -0.15) is 0 Å². The number of fused-ring (bicyclic) bond motifs is 1. The van der Waals surface area contributed by atoms with Crippen LogP contribution in [0.25, 0.3) is 11.0 Å². The highest BCUT2D eigenvalue weighted by molar-refractivity contribution is 5.92. The summed E-state index contributed by atoms with van der Waals surface area (Å²) in [6.07, 6.45) is 0.110. The van der Waals surface area contributed by atoms with Crippen LogP contribution in [0, 0.1) is 0 Å². The third-order valence-corrected chi connectivity index (χ3v) is 4.12. The van der Waals surface area contributed by atoms with E-state index in [1.54, 1.807) is 30.3 Å². The number of amides is 1. The predicted molar refractivity (Wildman–Crippen MR) is 108 cm³/mol. The Morgan fingerprint density at radius 3 is 2.52 bits per heavy atom. The molecule has 150 valence electrons. The van der Waals surface area contributed by atoms with Crippen LogP contribution in [0.5, 0.6) is 5.75 Å². The molecule has 1 N–H and O–H groups in total. The first-order valence-electron chi connectivity index (χ1n) is 9.16. The molecule has 0 radical (unpaired) electrons. The maximum Gasteiger partial charge on any atom is 0.336 e. The van der Waals surface area contributed by atoms with Crippen molar-refractivity contribution in [2.45, 2.75) is 26.9 Å². The average Bonchev–Trinajstić information content (AvgIpc) is 2.67. The van der Waals surface area contributed by atoms with Crippen LogP contribution in [0.3, 0.4) is 0 Å². The van der Waals surface area contributed by atoms with E-state index < -0.39 is 11.6 Å². The number of hydrogen-bond donors (Lipinski definition) is 1. The molecule has 3 aromatic rings. The number of benzene rings is 2. The first-order valence-corrected chi connectivity index (χ1v) is 9.16. The molecule has 0 aliphatic heterocycles. The summed E-state index contributed by atoms with van der Waals surface area (Å²) in [7, 11) is 0. The Labute approximate surface area is 167 Å². The zero-order chi connectivity index (χ0) is 20.8. The van der Waals surface area contributed by atoms with Crippen LogP contribution in [-0.2, 0) is 27.4 Å². The Balaban J connectivity index is 1.70. The lowest BCUT2D eigenvalue weighted by Gasteiger charge is -2.09. The van der Waals surface area contributed by atoms with Gasteiger partial charge in [0.25, 0.3) is 0 Å². The Morgan fingerprint density at radius 1 is 1.07 bits per heavy atom. The van der Waals surface area contributed by atoms with Crippen LogP contribution in [0.4, 0.5) is 5.69 Å². The summed E-state index contributed by atoms with van der Waals surface area (Å²) < 4.78 is 15.9. The van der Waals surface area contributed by atoms with Crippen molar-refractivity contribution in [1.82, 2.24) is 0 Å². The molecule has 1 aromatic heterocycles. The molecule has 0 spiro atoms. The molecule has 0 saturated carbocycles. The van der Waals surface area contributed by atoms with E-state index in [1.807, 2.05) is 19.1 Å². The van der Waals surface area contributed by atoms with Gasteiger partial charge in [0.05, 0.1) is 13.0 Å². The second-order valence-electron chi connectivity index (χ2n) is 6.40. The lowest BCUT2D eigenvalue weighted by Crippen LogP contribution is -2.10. The minimum absolute atomic E-state index is 0.0581. The van der Waals surface area contributed by atoms with E-state index in [4.69, 9.17) is 13.9 Å². The van der Waals surface area contributed by atoms with Crippen molar-refractivity contribution in [3.8, 4) is 5.75 Å². The fraction of sp³-hybridized carbons (Fsp3) is 0.227. The van der Waals surface area contributed by atoms with Crippen LogP contribution < -0.4 is 15.7 Å². The van der Waals surface area contributed by atoms with Crippen LogP contribution in [0.15, 0.2) is 57.7 Å². The molecule has 0 atom stereocenters. The summed E-state index contributed by atoms with van der Waals surface area (Å²) in [6, 6.07) is 13.5. The number of carbonyl (C=O) groups is 2. The van der Waals surface area contributed by atoms with Crippen molar-refractivity contribution in [3.05, 3.63) is 70.1 Å². The fourth-order valence-corrected chi connectivity index (χ4v) is 2.88. The first kappa shape index (κ1) is 20.1. The molecule has 0 bridgehead atoms. The van der Waals surface area contributed by atoms with Crippen molar-refractivity contribution in [2.24, 2.45) is 0 Å². The van der Waals surface area contributed by atoms with E-state index in [9.17, 15) is 14.4 Å². The summed E-state index contributed by atoms with van der Waals surface area (Å²) >= 11 is 0. The van der Waals surface area contributed by atoms with Gasteiger partial charge in [-0.05, 0) is 36.8 Å². The minimum atomic E-state index is -0.560. The summed E-state index contributed by atoms with van der Waals surface area (Å²) in [6.45, 7) is 3.81. The number of nitrogens with one attached hydrogen (secondary N) is 1. The molecule has 0 fully saturated rings. The SMILES string of the molecule is CCOc1ccc(CC(=O)OCc2cc(=O)oc3cc(NC(C)=O)ccc23)cc1. The van der Waals surface area contributed by atoms with Gasteiger partial charge in [0.1, 0.15) is 17.9 Å². The number of rotatable bonds is 7. The maximum atomic E-state index is 12.2. The van der Waals surface area contributed by atoms with Crippen LogP contribution >= 0.6 is 0 Å². The third-order valence-electron chi connectivity index (χ3n) is 4.12. The third kappa shape index (κ3) is 5.44. The average molecular weight is 395 g/mol. The number of esters is 1. The van der Waals surface area contributed by atoms with Gasteiger partial charge in [0.15, 0.2) is 0 Å². The van der Waals surface area contributed by atoms with E-state index >= 15 is 0 Å². The molecule has 7 heteroatoms. The number of ether oxygens (including phenoxy) is 2. The molecule has 0 aliphatic carbocycles. The van der Waals surface area contributed by atoms with Gasteiger partial charge in [-0.25, -0.2) is 4.79 Å². The standard InChI is InChI=1S/C22H21NO6/c1-3-27-18-7-4-15(5-8-18)10-21(25)28-13-16-11-22(26)29-20-12-17(23-14(2)24)6-9-19(16)20/h4-9,11-12H,3,10,13H2,1-2H3,(H,23,24). The number of anilines is 1. The summed E-state index contributed by atoms with van der Waals surface area (Å²) in [5, 5.41) is 3.26. The molecule has 1 amide bonds. The van der Waals surface area contributed by atoms with Gasteiger partial charge in [-0.15, -0.1) is 0 Å². The molecule has 7 nitrogen and oxygen atoms in total. The lowest BCUT2D eigenvalue weighted by molar-refractivity contribution is -0.144. The van der Waals surface area contributed by atoms with E-state index in [-0.39, 0.29) is 18.9 Å². The van der Waals surface area contributed by atoms with E-state index in [0.29, 0.717) is 28.8 Å². The number of hydrogen-bond acceptors (Lipinski definition) is 6. The van der Waals surface area contributed by atoms with Gasteiger partial charge in [0.2, 0.25) is 5.91 Å². The van der Waals surface area contributed by atoms with Crippen molar-refractivity contribution in [1.29, 1.82) is 0 Å². The largest absolute Gasteiger partial charge is 0.494 e. The minimum Gasteiger partial charge on any atom is -0.494 e. The molecule has 29 heavy (non-hydrogen) atoms. The van der Waals surface area contributed by atoms with E-state index in [0.717, 1.165) is 11.3 Å². The highest BCUT2D eigenvalue weighted by Crippen LogP contribution is 2.22. The van der Waals surface area contributed by atoms with Gasteiger partial charge in [-0.3, -0.25) is 9.59 Å². The normalized spacial score (nSPS) is 10.6. The fourth-order valence-electron chi connectivity index (χ4n) is 2.88. The second-order valence-corrected chi connectivity index (χ2v) is 6.40. The van der Waals surface area contributed by atoms with E-state index in [1.165, 1.54) is 13.0 Å². The van der Waals surface area contributed by atoms with Gasteiger partial charge in [-0.1, -0.05) is 12.1 Å². The second kappa shape index (κ2) is 9.05. The Morgan fingerprint density at radius 2 is 1.83 bits per heavy atom. The first-order chi connectivity index (χ1) is 13.9. The molecule has 0 unspecified atom stereocenters. The Kier molecular flexibility index (Phi) is 6.29. The highest BCUT2D eigenvalue weighted by Gasteiger charge is 2.11. The molecule has 1 heterocycles. The van der Waals surface area contributed by atoms with Crippen molar-refractivity contribution in [2.75, 3.05) is 11.9 Å². The molecular weight excluding hydrogens is 374 g/mol. The van der Waals surface area contributed by atoms with Crippen LogP contribution in [0.1, 0.15) is 25.0 Å². The molecule has 0 saturated heterocycles. The monoisotopic (exact) mass is 395 g/mol. The van der Waals surface area contributed by atoms with Gasteiger partial charge < -0.3 is 19.2 Å².